The second-order valence-corrected chi connectivity index (χ2v) is 11.8. The fourth-order valence-corrected chi connectivity index (χ4v) is 6.09. The molecule has 2 heterocycles. The van der Waals surface area contributed by atoms with E-state index >= 15 is 0 Å². The van der Waals surface area contributed by atoms with Crippen molar-refractivity contribution >= 4 is 46.6 Å². The maximum absolute atomic E-state index is 13.9. The molecule has 0 fully saturated rings. The van der Waals surface area contributed by atoms with E-state index in [4.69, 9.17) is 32.7 Å². The van der Waals surface area contributed by atoms with Crippen LogP contribution in [0.25, 0.3) is 6.08 Å². The van der Waals surface area contributed by atoms with Gasteiger partial charge in [-0.1, -0.05) is 103 Å². The van der Waals surface area contributed by atoms with Gasteiger partial charge in [0.1, 0.15) is 12.4 Å². The van der Waals surface area contributed by atoms with E-state index < -0.39 is 12.0 Å². The quantitative estimate of drug-likeness (QED) is 0.143. The van der Waals surface area contributed by atoms with Gasteiger partial charge in [-0.05, 0) is 60.4 Å². The minimum Gasteiger partial charge on any atom is -0.494 e. The Balaban J connectivity index is 1.55. The van der Waals surface area contributed by atoms with Gasteiger partial charge >= 0.3 is 5.97 Å². The lowest BCUT2D eigenvalue weighted by Crippen LogP contribution is -2.39. The van der Waals surface area contributed by atoms with Crippen molar-refractivity contribution < 1.29 is 14.3 Å². The minimum atomic E-state index is -0.727. The van der Waals surface area contributed by atoms with E-state index in [9.17, 15) is 9.59 Å². The average Bonchev–Trinajstić information content (AvgIpc) is 3.30. The lowest BCUT2D eigenvalue weighted by atomic mass is 9.96. The van der Waals surface area contributed by atoms with E-state index in [1.807, 2.05) is 54.6 Å². The Labute approximate surface area is 258 Å². The number of allylic oxidation sites excluding steroid dienone is 1. The van der Waals surface area contributed by atoms with Crippen LogP contribution in [0.4, 0.5) is 0 Å². The number of ether oxygens (including phenoxy) is 2. The number of aromatic nitrogens is 1. The van der Waals surface area contributed by atoms with Gasteiger partial charge in [0.2, 0.25) is 0 Å². The molecule has 1 atom stereocenters. The molecule has 0 radical (unpaired) electrons. The summed E-state index contributed by atoms with van der Waals surface area (Å²) in [5.41, 5.74) is 2.89. The predicted octanol–water partition coefficient (Wildman–Crippen LogP) is 6.85. The number of hydrogen-bond acceptors (Lipinski definition) is 6. The van der Waals surface area contributed by atoms with Crippen LogP contribution in [0.15, 0.2) is 93.9 Å². The first kappa shape index (κ1) is 29.8. The van der Waals surface area contributed by atoms with Crippen molar-refractivity contribution in [1.29, 1.82) is 0 Å². The van der Waals surface area contributed by atoms with Crippen molar-refractivity contribution in [3.05, 3.63) is 130 Å². The SMILES string of the molecule is CCCCCOc1ccc(C2C(C(=O)OCc3ccccc3)=C(C)N=c3s/c(=C\c4ccc(Cl)c(Cl)c4)c(=O)n32)cc1. The predicted molar refractivity (Wildman–Crippen MR) is 168 cm³/mol. The van der Waals surface area contributed by atoms with E-state index in [0.29, 0.717) is 37.3 Å². The van der Waals surface area contributed by atoms with E-state index in [0.717, 1.165) is 41.7 Å². The molecule has 0 N–H and O–H groups in total. The zero-order valence-corrected chi connectivity index (χ0v) is 25.6. The lowest BCUT2D eigenvalue weighted by molar-refractivity contribution is -0.140. The molecule has 1 aromatic heterocycles. The number of halogens is 2. The summed E-state index contributed by atoms with van der Waals surface area (Å²) >= 11 is 13.5. The average molecular weight is 622 g/mol. The highest BCUT2D eigenvalue weighted by molar-refractivity contribution is 7.07. The number of nitrogens with zero attached hydrogens (tertiary/aromatic N) is 2. The first-order valence-electron chi connectivity index (χ1n) is 13.8. The van der Waals surface area contributed by atoms with Gasteiger partial charge in [-0.3, -0.25) is 9.36 Å². The molecule has 3 aromatic carbocycles. The topological polar surface area (TPSA) is 69.9 Å². The van der Waals surface area contributed by atoms with Crippen molar-refractivity contribution in [1.82, 2.24) is 4.57 Å². The number of esters is 1. The standard InChI is InChI=1S/C33H30Cl2N2O4S/c1-3-4-8-17-40-25-14-12-24(13-15-25)30-29(32(39)41-20-22-9-6-5-7-10-22)21(2)36-33-37(30)31(38)28(42-33)19-23-11-16-26(34)27(35)18-23/h5-7,9-16,18-19,30H,3-4,8,17,20H2,1-2H3/b28-19-. The van der Waals surface area contributed by atoms with Crippen molar-refractivity contribution in [2.45, 2.75) is 45.8 Å². The van der Waals surface area contributed by atoms with E-state index in [1.54, 1.807) is 35.8 Å². The van der Waals surface area contributed by atoms with Gasteiger partial charge < -0.3 is 9.47 Å². The third-order valence-corrected chi connectivity index (χ3v) is 8.63. The molecule has 0 amide bonds. The second-order valence-electron chi connectivity index (χ2n) is 9.94. The van der Waals surface area contributed by atoms with Crippen molar-refractivity contribution in [2.75, 3.05) is 6.61 Å². The smallest absolute Gasteiger partial charge is 0.338 e. The molecule has 0 saturated carbocycles. The van der Waals surface area contributed by atoms with Crippen LogP contribution in [0.5, 0.6) is 5.75 Å². The second kappa shape index (κ2) is 13.6. The van der Waals surface area contributed by atoms with Crippen LogP contribution in [-0.4, -0.2) is 17.1 Å². The zero-order chi connectivity index (χ0) is 29.6. The van der Waals surface area contributed by atoms with Gasteiger partial charge in [0.05, 0.1) is 38.5 Å². The third kappa shape index (κ3) is 6.70. The van der Waals surface area contributed by atoms with E-state index in [-0.39, 0.29) is 12.2 Å². The molecular formula is C33H30Cl2N2O4S. The van der Waals surface area contributed by atoms with Gasteiger partial charge in [0.25, 0.3) is 5.56 Å². The summed E-state index contributed by atoms with van der Waals surface area (Å²) in [6, 6.07) is 21.4. The van der Waals surface area contributed by atoms with Crippen LogP contribution >= 0.6 is 34.5 Å². The largest absolute Gasteiger partial charge is 0.494 e. The number of fused-ring (bicyclic) bond motifs is 1. The first-order valence-corrected chi connectivity index (χ1v) is 15.3. The number of unbranched alkanes of at least 4 members (excludes halogenated alkanes) is 2. The van der Waals surface area contributed by atoms with Gasteiger partial charge in [0, 0.05) is 0 Å². The highest BCUT2D eigenvalue weighted by atomic mass is 35.5. The molecule has 42 heavy (non-hydrogen) atoms. The summed E-state index contributed by atoms with van der Waals surface area (Å²) in [4.78, 5) is 32.7. The first-order chi connectivity index (χ1) is 20.4. The Kier molecular flexibility index (Phi) is 9.62. The fraction of sp³-hybridized carbons (Fsp3) is 0.242. The summed E-state index contributed by atoms with van der Waals surface area (Å²) in [6.07, 6.45) is 4.95. The molecule has 216 valence electrons. The van der Waals surface area contributed by atoms with Crippen LogP contribution in [-0.2, 0) is 16.1 Å². The van der Waals surface area contributed by atoms with Gasteiger partial charge in [-0.25, -0.2) is 9.79 Å². The Bertz CT molecular complexity index is 1790. The maximum atomic E-state index is 13.9. The summed E-state index contributed by atoms with van der Waals surface area (Å²) in [5.74, 6) is 0.208. The van der Waals surface area contributed by atoms with Crippen molar-refractivity contribution in [2.24, 2.45) is 4.99 Å². The maximum Gasteiger partial charge on any atom is 0.338 e. The molecule has 1 aliphatic heterocycles. The summed E-state index contributed by atoms with van der Waals surface area (Å²) in [6.45, 7) is 4.66. The van der Waals surface area contributed by atoms with Crippen molar-refractivity contribution in [3.63, 3.8) is 0 Å². The lowest BCUT2D eigenvalue weighted by Gasteiger charge is -2.25. The number of carbonyl (C=O) groups is 1. The molecule has 1 unspecified atom stereocenters. The molecule has 0 bridgehead atoms. The Hall–Kier alpha value is -3.65. The molecule has 0 saturated heterocycles. The monoisotopic (exact) mass is 620 g/mol. The zero-order valence-electron chi connectivity index (χ0n) is 23.3. The van der Waals surface area contributed by atoms with Gasteiger partial charge in [-0.15, -0.1) is 0 Å². The summed E-state index contributed by atoms with van der Waals surface area (Å²) < 4.78 is 13.7. The summed E-state index contributed by atoms with van der Waals surface area (Å²) in [7, 11) is 0. The number of thiazole rings is 1. The van der Waals surface area contributed by atoms with Gasteiger partial charge in [0.15, 0.2) is 4.80 Å². The Morgan fingerprint density at radius 3 is 2.50 bits per heavy atom. The Morgan fingerprint density at radius 1 is 1.02 bits per heavy atom. The van der Waals surface area contributed by atoms with E-state index in [2.05, 4.69) is 11.9 Å². The fourth-order valence-electron chi connectivity index (χ4n) is 4.74. The van der Waals surface area contributed by atoms with Crippen LogP contribution in [0.1, 0.15) is 55.8 Å². The number of hydrogen-bond donors (Lipinski definition) is 0. The molecule has 6 nitrogen and oxygen atoms in total. The van der Waals surface area contributed by atoms with Crippen LogP contribution < -0.4 is 19.6 Å². The third-order valence-electron chi connectivity index (χ3n) is 6.91. The number of rotatable bonds is 10. The molecule has 1 aliphatic rings. The molecule has 5 rings (SSSR count). The highest BCUT2D eigenvalue weighted by Crippen LogP contribution is 2.32. The molecule has 0 aliphatic carbocycles. The molecule has 9 heteroatoms. The van der Waals surface area contributed by atoms with Gasteiger partial charge in [-0.2, -0.15) is 0 Å². The molecule has 4 aromatic rings. The van der Waals surface area contributed by atoms with Crippen molar-refractivity contribution in [3.8, 4) is 5.75 Å². The van der Waals surface area contributed by atoms with E-state index in [1.165, 1.54) is 11.3 Å². The summed E-state index contributed by atoms with van der Waals surface area (Å²) in [5, 5.41) is 0.828. The number of carbonyl (C=O) groups excluding carboxylic acids is 1. The van der Waals surface area contributed by atoms with Crippen LogP contribution in [0.3, 0.4) is 0 Å². The Morgan fingerprint density at radius 2 is 1.79 bits per heavy atom. The van der Waals surface area contributed by atoms with Crippen LogP contribution in [0, 0.1) is 0 Å². The molecule has 0 spiro atoms. The molecular weight excluding hydrogens is 591 g/mol. The normalized spacial score (nSPS) is 14.9. The van der Waals surface area contributed by atoms with Crippen LogP contribution in [0.2, 0.25) is 10.0 Å². The number of benzene rings is 3. The minimum absolute atomic E-state index is 0.107. The highest BCUT2D eigenvalue weighted by Gasteiger charge is 2.33.